The lowest BCUT2D eigenvalue weighted by molar-refractivity contribution is 0.347. The highest BCUT2D eigenvalue weighted by molar-refractivity contribution is 7.52. The Labute approximate surface area is 205 Å². The van der Waals surface area contributed by atoms with E-state index < -0.39 is 20.6 Å². The summed E-state index contributed by atoms with van der Waals surface area (Å²) in [5.41, 5.74) is 6.21. The molecular weight excluding hydrogens is 484 g/mol. The van der Waals surface area contributed by atoms with Gasteiger partial charge in [0.1, 0.15) is 0 Å². The van der Waals surface area contributed by atoms with Crippen molar-refractivity contribution in [3.63, 3.8) is 0 Å². The summed E-state index contributed by atoms with van der Waals surface area (Å²) in [5, 5.41) is 2.35. The lowest BCUT2D eigenvalue weighted by atomic mass is 9.78. The average molecular weight is 517 g/mol. The number of aryl methyl sites for hydroxylation is 4. The van der Waals surface area contributed by atoms with Gasteiger partial charge in [0.15, 0.2) is 0 Å². The van der Waals surface area contributed by atoms with Gasteiger partial charge < -0.3 is 24.1 Å². The molecule has 0 spiro atoms. The third kappa shape index (κ3) is 5.56. The Balaban J connectivity index is 1.81. The van der Waals surface area contributed by atoms with Crippen molar-refractivity contribution in [2.24, 2.45) is 5.41 Å². The van der Waals surface area contributed by atoms with Crippen LogP contribution in [0.3, 0.4) is 0 Å². The van der Waals surface area contributed by atoms with E-state index in [1.54, 1.807) is 0 Å². The Morgan fingerprint density at radius 2 is 1.09 bits per heavy atom. The van der Waals surface area contributed by atoms with Gasteiger partial charge in [-0.15, -0.1) is 0 Å². The number of rotatable bonds is 7. The summed E-state index contributed by atoms with van der Waals surface area (Å²) in [5.74, 6) is 0. The number of hydrogen-bond donors (Lipinski definition) is 4. The van der Waals surface area contributed by atoms with Crippen molar-refractivity contribution in [3.8, 4) is 0 Å². The van der Waals surface area contributed by atoms with Gasteiger partial charge in [-0.1, -0.05) is 24.3 Å². The van der Waals surface area contributed by atoms with E-state index in [-0.39, 0.29) is 31.2 Å². The molecule has 4 rings (SSSR count). The van der Waals surface area contributed by atoms with Gasteiger partial charge in [0.05, 0.1) is 29.4 Å². The maximum atomic E-state index is 11.6. The Bertz CT molecular complexity index is 1350. The van der Waals surface area contributed by atoms with Crippen LogP contribution in [0.15, 0.2) is 48.6 Å². The van der Waals surface area contributed by atoms with Crippen molar-refractivity contribution in [1.82, 2.24) is 4.57 Å². The SMILES string of the molecule is Cc1cc2c3cc(C)c(C)cc3n(C3C=CC(CCP(=O)(O)O)(CCP(=O)(O)O)C=C3)c2cc1C. The number of nitrogens with zero attached hydrogens (tertiary/aromatic N) is 1. The van der Waals surface area contributed by atoms with Crippen LogP contribution in [0, 0.1) is 33.1 Å². The fourth-order valence-corrected chi connectivity index (χ4v) is 6.34. The number of hydrogen-bond acceptors (Lipinski definition) is 2. The van der Waals surface area contributed by atoms with Crippen LogP contribution in [0.1, 0.15) is 41.1 Å². The zero-order valence-corrected chi connectivity index (χ0v) is 22.3. The van der Waals surface area contributed by atoms with Gasteiger partial charge >= 0.3 is 15.2 Å². The molecule has 0 amide bonds. The zero-order valence-electron chi connectivity index (χ0n) is 20.5. The van der Waals surface area contributed by atoms with Crippen molar-refractivity contribution in [1.29, 1.82) is 0 Å². The number of benzene rings is 2. The topological polar surface area (TPSA) is 120 Å². The number of fused-ring (bicyclic) bond motifs is 3. The highest BCUT2D eigenvalue weighted by Gasteiger charge is 2.33. The van der Waals surface area contributed by atoms with Gasteiger partial charge in [-0.2, -0.15) is 0 Å². The summed E-state index contributed by atoms with van der Waals surface area (Å²) in [6.07, 6.45) is 7.26. The van der Waals surface area contributed by atoms with E-state index >= 15 is 0 Å². The summed E-state index contributed by atoms with van der Waals surface area (Å²) in [7, 11) is -8.51. The Morgan fingerprint density at radius 3 is 1.46 bits per heavy atom. The highest BCUT2D eigenvalue weighted by Crippen LogP contribution is 2.47. The second-order valence-electron chi connectivity index (χ2n) is 10.00. The van der Waals surface area contributed by atoms with Gasteiger partial charge in [0, 0.05) is 16.2 Å². The first-order chi connectivity index (χ1) is 16.2. The molecule has 0 saturated heterocycles. The maximum absolute atomic E-state index is 11.6. The molecule has 0 unspecified atom stereocenters. The monoisotopic (exact) mass is 517 g/mol. The minimum absolute atomic E-state index is 0.112. The second-order valence-corrected chi connectivity index (χ2v) is 13.5. The fourth-order valence-electron chi connectivity index (χ4n) is 4.92. The molecule has 0 aliphatic heterocycles. The van der Waals surface area contributed by atoms with Crippen LogP contribution in [0.5, 0.6) is 0 Å². The summed E-state index contributed by atoms with van der Waals surface area (Å²) in [6, 6.07) is 8.69. The fraction of sp³-hybridized carbons (Fsp3) is 0.385. The Hall–Kier alpha value is -1.98. The second kappa shape index (κ2) is 9.15. The van der Waals surface area contributed by atoms with Crippen LogP contribution in [0.25, 0.3) is 21.8 Å². The molecule has 1 aliphatic rings. The molecule has 1 heterocycles. The smallest absolute Gasteiger partial charge is 0.325 e. The molecule has 9 heteroatoms. The lowest BCUT2D eigenvalue weighted by Gasteiger charge is -2.32. The molecule has 35 heavy (non-hydrogen) atoms. The predicted molar refractivity (Wildman–Crippen MR) is 141 cm³/mol. The van der Waals surface area contributed by atoms with E-state index in [2.05, 4.69) is 56.5 Å². The number of aromatic nitrogens is 1. The molecule has 188 valence electrons. The molecule has 0 bridgehead atoms. The minimum atomic E-state index is -4.26. The minimum Gasteiger partial charge on any atom is -0.330 e. The first kappa shape index (κ1) is 26.1. The standard InChI is InChI=1S/C26H33NO6P2/c1-17-13-22-23-14-18(2)20(4)16-25(23)27(24(22)15-19(17)3)21-5-7-26(8-6-21,9-11-34(28,29)30)10-12-35(31,32)33/h5-8,13-16,21H,9-12H2,1-4H3,(H2,28,29,30)(H2,31,32,33). The largest absolute Gasteiger partial charge is 0.330 e. The van der Waals surface area contributed by atoms with Gasteiger partial charge in [-0.05, 0) is 87.1 Å². The van der Waals surface area contributed by atoms with Crippen molar-refractivity contribution in [2.75, 3.05) is 12.3 Å². The molecule has 0 saturated carbocycles. The molecule has 7 nitrogen and oxygen atoms in total. The van der Waals surface area contributed by atoms with Crippen molar-refractivity contribution in [2.45, 2.75) is 46.6 Å². The van der Waals surface area contributed by atoms with Crippen LogP contribution in [-0.2, 0) is 9.13 Å². The first-order valence-corrected chi connectivity index (χ1v) is 15.3. The van der Waals surface area contributed by atoms with Crippen LogP contribution in [0.4, 0.5) is 0 Å². The molecule has 3 aromatic rings. The molecule has 0 atom stereocenters. The van der Waals surface area contributed by atoms with Crippen molar-refractivity contribution < 1.29 is 28.7 Å². The molecular formula is C26H33NO6P2. The van der Waals surface area contributed by atoms with E-state index in [1.165, 1.54) is 33.0 Å². The molecule has 0 radical (unpaired) electrons. The molecule has 2 aromatic carbocycles. The summed E-state index contributed by atoms with van der Waals surface area (Å²) >= 11 is 0. The first-order valence-electron chi connectivity index (χ1n) is 11.7. The van der Waals surface area contributed by atoms with Crippen molar-refractivity contribution in [3.05, 3.63) is 70.8 Å². The van der Waals surface area contributed by atoms with Gasteiger partial charge in [0.25, 0.3) is 0 Å². The van der Waals surface area contributed by atoms with Crippen molar-refractivity contribution >= 4 is 37.0 Å². The Kier molecular flexibility index (Phi) is 6.82. The molecule has 1 aromatic heterocycles. The third-order valence-corrected chi connectivity index (χ3v) is 8.93. The van der Waals surface area contributed by atoms with E-state index in [9.17, 15) is 28.7 Å². The van der Waals surface area contributed by atoms with Gasteiger partial charge in [0.2, 0.25) is 0 Å². The van der Waals surface area contributed by atoms with E-state index in [1.807, 2.05) is 24.3 Å². The average Bonchev–Trinajstić information content (AvgIpc) is 3.03. The summed E-state index contributed by atoms with van der Waals surface area (Å²) < 4.78 is 25.4. The quantitative estimate of drug-likeness (QED) is 0.232. The number of allylic oxidation sites excluding steroid dienone is 4. The molecule has 4 N–H and O–H groups in total. The van der Waals surface area contributed by atoms with Gasteiger partial charge in [-0.25, -0.2) is 0 Å². The normalized spacial score (nSPS) is 16.6. The molecule has 0 fully saturated rings. The van der Waals surface area contributed by atoms with Crippen LogP contribution >= 0.6 is 15.2 Å². The maximum Gasteiger partial charge on any atom is 0.325 e. The van der Waals surface area contributed by atoms with Crippen LogP contribution < -0.4 is 0 Å². The van der Waals surface area contributed by atoms with Crippen LogP contribution in [-0.4, -0.2) is 36.5 Å². The lowest BCUT2D eigenvalue weighted by Crippen LogP contribution is -2.23. The zero-order chi connectivity index (χ0) is 25.8. The van der Waals surface area contributed by atoms with E-state index in [4.69, 9.17) is 0 Å². The summed E-state index contributed by atoms with van der Waals surface area (Å²) in [4.78, 5) is 37.7. The predicted octanol–water partition coefficient (Wildman–Crippen LogP) is 5.82. The Morgan fingerprint density at radius 1 is 0.714 bits per heavy atom. The van der Waals surface area contributed by atoms with E-state index in [0.29, 0.717) is 0 Å². The van der Waals surface area contributed by atoms with E-state index in [0.717, 1.165) is 11.0 Å². The molecule has 1 aliphatic carbocycles. The van der Waals surface area contributed by atoms with Gasteiger partial charge in [-0.3, -0.25) is 9.13 Å². The van der Waals surface area contributed by atoms with Crippen LogP contribution in [0.2, 0.25) is 0 Å². The summed E-state index contributed by atoms with van der Waals surface area (Å²) in [6.45, 7) is 8.40. The highest BCUT2D eigenvalue weighted by atomic mass is 31.2. The third-order valence-electron chi connectivity index (χ3n) is 7.32.